The topological polar surface area (TPSA) is 80.7 Å². The molecule has 1 rings (SSSR count). The number of sulfone groups is 1. The van der Waals surface area contributed by atoms with E-state index in [4.69, 9.17) is 21.4 Å². The molecule has 0 amide bonds. The summed E-state index contributed by atoms with van der Waals surface area (Å²) in [6, 6.07) is 4.83. The Kier molecular flexibility index (Phi) is 6.71. The van der Waals surface area contributed by atoms with Gasteiger partial charge in [-0.3, -0.25) is 0 Å². The first-order valence-electron chi connectivity index (χ1n) is 6.38. The SMILES string of the molecule is CCS(=O)(=O)CCCOc1ccc(Cl)cc1C=CC(=O)O. The van der Waals surface area contributed by atoms with Crippen LogP contribution in [0.1, 0.15) is 18.9 Å². The van der Waals surface area contributed by atoms with Gasteiger partial charge in [-0.1, -0.05) is 18.5 Å². The van der Waals surface area contributed by atoms with Crippen LogP contribution in [0.25, 0.3) is 6.08 Å². The molecule has 1 aromatic carbocycles. The molecule has 7 heteroatoms. The molecule has 5 nitrogen and oxygen atoms in total. The summed E-state index contributed by atoms with van der Waals surface area (Å²) in [7, 11) is -3.01. The summed E-state index contributed by atoms with van der Waals surface area (Å²) in [5.74, 6) is -0.432. The number of aliphatic carboxylic acids is 1. The van der Waals surface area contributed by atoms with Gasteiger partial charge in [0.25, 0.3) is 0 Å². The van der Waals surface area contributed by atoms with Gasteiger partial charge < -0.3 is 9.84 Å². The number of halogens is 1. The van der Waals surface area contributed by atoms with E-state index in [0.717, 1.165) is 6.08 Å². The highest BCUT2D eigenvalue weighted by Crippen LogP contribution is 2.24. The summed E-state index contributed by atoms with van der Waals surface area (Å²) in [5.41, 5.74) is 0.531. The van der Waals surface area contributed by atoms with Crippen molar-refractivity contribution < 1.29 is 23.1 Å². The summed E-state index contributed by atoms with van der Waals surface area (Å²) >= 11 is 5.86. The van der Waals surface area contributed by atoms with Crippen molar-refractivity contribution in [1.29, 1.82) is 0 Å². The van der Waals surface area contributed by atoms with Gasteiger partial charge in [0.1, 0.15) is 15.6 Å². The molecule has 0 spiro atoms. The molecule has 0 aromatic heterocycles. The van der Waals surface area contributed by atoms with Crippen LogP contribution in [0.15, 0.2) is 24.3 Å². The molecule has 0 radical (unpaired) electrons. The molecular formula is C14H17ClO5S. The minimum atomic E-state index is -3.01. The largest absolute Gasteiger partial charge is 0.493 e. The van der Waals surface area contributed by atoms with Gasteiger partial charge in [-0.05, 0) is 30.7 Å². The van der Waals surface area contributed by atoms with Gasteiger partial charge in [0.15, 0.2) is 0 Å². The van der Waals surface area contributed by atoms with E-state index in [-0.39, 0.29) is 18.1 Å². The van der Waals surface area contributed by atoms with Gasteiger partial charge in [-0.15, -0.1) is 0 Å². The minimum absolute atomic E-state index is 0.0669. The number of rotatable bonds is 8. The molecule has 0 fully saturated rings. The van der Waals surface area contributed by atoms with Crippen molar-refractivity contribution in [3.63, 3.8) is 0 Å². The zero-order valence-corrected chi connectivity index (χ0v) is 13.2. The van der Waals surface area contributed by atoms with E-state index >= 15 is 0 Å². The lowest BCUT2D eigenvalue weighted by Gasteiger charge is -2.09. The molecule has 0 atom stereocenters. The first-order chi connectivity index (χ1) is 9.84. The van der Waals surface area contributed by atoms with Gasteiger partial charge in [-0.2, -0.15) is 0 Å². The van der Waals surface area contributed by atoms with Crippen LogP contribution < -0.4 is 4.74 Å². The van der Waals surface area contributed by atoms with Crippen LogP contribution >= 0.6 is 11.6 Å². The summed E-state index contributed by atoms with van der Waals surface area (Å²) in [6.45, 7) is 1.83. The Hall–Kier alpha value is -1.53. The maximum atomic E-state index is 11.4. The normalized spacial score (nSPS) is 11.7. The highest BCUT2D eigenvalue weighted by Gasteiger charge is 2.08. The predicted molar refractivity (Wildman–Crippen MR) is 82.6 cm³/mol. The van der Waals surface area contributed by atoms with Crippen molar-refractivity contribution in [2.24, 2.45) is 0 Å². The Balaban J connectivity index is 2.68. The Morgan fingerprint density at radius 3 is 2.76 bits per heavy atom. The smallest absolute Gasteiger partial charge is 0.328 e. The monoisotopic (exact) mass is 332 g/mol. The van der Waals surface area contributed by atoms with Gasteiger partial charge >= 0.3 is 5.97 Å². The van der Waals surface area contributed by atoms with E-state index in [0.29, 0.717) is 22.8 Å². The van der Waals surface area contributed by atoms with Crippen molar-refractivity contribution in [2.75, 3.05) is 18.1 Å². The van der Waals surface area contributed by atoms with E-state index < -0.39 is 15.8 Å². The molecule has 1 N–H and O–H groups in total. The standard InChI is InChI=1S/C14H17ClO5S/c1-2-21(18,19)9-3-8-20-13-6-5-12(15)10-11(13)4-7-14(16)17/h4-7,10H,2-3,8-9H2,1H3,(H,16,17). The highest BCUT2D eigenvalue weighted by molar-refractivity contribution is 7.91. The van der Waals surface area contributed by atoms with E-state index in [9.17, 15) is 13.2 Å². The molecule has 0 saturated carbocycles. The van der Waals surface area contributed by atoms with Crippen molar-refractivity contribution in [3.05, 3.63) is 34.9 Å². The van der Waals surface area contributed by atoms with E-state index in [1.54, 1.807) is 25.1 Å². The van der Waals surface area contributed by atoms with E-state index in [2.05, 4.69) is 0 Å². The molecule has 21 heavy (non-hydrogen) atoms. The highest BCUT2D eigenvalue weighted by atomic mass is 35.5. The van der Waals surface area contributed by atoms with Gasteiger partial charge in [0.05, 0.1) is 12.4 Å². The first kappa shape index (κ1) is 17.5. The van der Waals surface area contributed by atoms with E-state index in [1.165, 1.54) is 6.08 Å². The molecule has 0 saturated heterocycles. The summed E-state index contributed by atoms with van der Waals surface area (Å²) in [6.07, 6.45) is 2.74. The van der Waals surface area contributed by atoms with Crippen molar-refractivity contribution in [1.82, 2.24) is 0 Å². The van der Waals surface area contributed by atoms with Crippen molar-refractivity contribution in [2.45, 2.75) is 13.3 Å². The number of carboxylic acid groups (broad SMARTS) is 1. The van der Waals surface area contributed by atoms with Crippen LogP contribution in [0.2, 0.25) is 5.02 Å². The lowest BCUT2D eigenvalue weighted by Crippen LogP contribution is -2.12. The first-order valence-corrected chi connectivity index (χ1v) is 8.58. The summed E-state index contributed by atoms with van der Waals surface area (Å²) in [4.78, 5) is 10.5. The van der Waals surface area contributed by atoms with Gasteiger partial charge in [0, 0.05) is 22.4 Å². The van der Waals surface area contributed by atoms with Crippen LogP contribution in [0.5, 0.6) is 5.75 Å². The lowest BCUT2D eigenvalue weighted by atomic mass is 10.2. The van der Waals surface area contributed by atoms with Crippen LogP contribution in [-0.4, -0.2) is 37.6 Å². The molecule has 0 aliphatic carbocycles. The van der Waals surface area contributed by atoms with Crippen LogP contribution in [0, 0.1) is 0 Å². The number of hydrogen-bond donors (Lipinski definition) is 1. The fourth-order valence-electron chi connectivity index (χ4n) is 1.55. The fraction of sp³-hybridized carbons (Fsp3) is 0.357. The summed E-state index contributed by atoms with van der Waals surface area (Å²) < 4.78 is 28.2. The average molecular weight is 333 g/mol. The quantitative estimate of drug-likeness (QED) is 0.584. The number of hydrogen-bond acceptors (Lipinski definition) is 4. The second-order valence-corrected chi connectivity index (χ2v) is 7.20. The van der Waals surface area contributed by atoms with E-state index in [1.807, 2.05) is 0 Å². The second kappa shape index (κ2) is 8.05. The average Bonchev–Trinajstić information content (AvgIpc) is 2.43. The Labute approximate surface area is 129 Å². The Morgan fingerprint density at radius 1 is 1.43 bits per heavy atom. The number of carbonyl (C=O) groups is 1. The fourth-order valence-corrected chi connectivity index (χ4v) is 2.57. The molecule has 0 aliphatic heterocycles. The molecule has 0 bridgehead atoms. The van der Waals surface area contributed by atoms with Crippen molar-refractivity contribution >= 4 is 33.5 Å². The third-order valence-electron chi connectivity index (χ3n) is 2.67. The lowest BCUT2D eigenvalue weighted by molar-refractivity contribution is -0.131. The molecule has 116 valence electrons. The third kappa shape index (κ3) is 6.64. The van der Waals surface area contributed by atoms with Crippen LogP contribution in [-0.2, 0) is 14.6 Å². The Bertz CT molecular complexity index is 622. The number of carboxylic acids is 1. The maximum absolute atomic E-state index is 11.4. The van der Waals surface area contributed by atoms with Gasteiger partial charge in [0.2, 0.25) is 0 Å². The molecular weight excluding hydrogens is 316 g/mol. The third-order valence-corrected chi connectivity index (χ3v) is 4.70. The Morgan fingerprint density at radius 2 is 2.14 bits per heavy atom. The predicted octanol–water partition coefficient (Wildman–Crippen LogP) is 2.64. The molecule has 0 aliphatic rings. The van der Waals surface area contributed by atoms with Crippen LogP contribution in [0.3, 0.4) is 0 Å². The zero-order valence-electron chi connectivity index (χ0n) is 11.6. The second-order valence-electron chi connectivity index (χ2n) is 4.29. The molecule has 0 unspecified atom stereocenters. The van der Waals surface area contributed by atoms with Gasteiger partial charge in [-0.25, -0.2) is 13.2 Å². The number of benzene rings is 1. The van der Waals surface area contributed by atoms with Crippen molar-refractivity contribution in [3.8, 4) is 5.75 Å². The zero-order chi connectivity index (χ0) is 15.9. The number of ether oxygens (including phenoxy) is 1. The molecule has 1 aromatic rings. The van der Waals surface area contributed by atoms with Crippen LogP contribution in [0.4, 0.5) is 0 Å². The summed E-state index contributed by atoms with van der Waals surface area (Å²) in [5, 5.41) is 9.10. The maximum Gasteiger partial charge on any atom is 0.328 e. The molecule has 0 heterocycles. The minimum Gasteiger partial charge on any atom is -0.493 e.